The first-order valence-electron chi connectivity index (χ1n) is 13.1. The van der Waals surface area contributed by atoms with Crippen molar-refractivity contribution in [2.75, 3.05) is 51.8 Å². The highest BCUT2D eigenvalue weighted by atomic mass is 32.2. The highest BCUT2D eigenvalue weighted by Crippen LogP contribution is 2.26. The molecule has 2 fully saturated rings. The van der Waals surface area contributed by atoms with Crippen molar-refractivity contribution in [3.8, 4) is 0 Å². The fourth-order valence-electron chi connectivity index (χ4n) is 4.95. The number of hydroxylamine groups is 1. The lowest BCUT2D eigenvalue weighted by Crippen LogP contribution is -2.58. The summed E-state index contributed by atoms with van der Waals surface area (Å²) in [6.07, 6.45) is 5.15. The second-order valence-electron chi connectivity index (χ2n) is 10.1. The van der Waals surface area contributed by atoms with Crippen molar-refractivity contribution in [1.82, 2.24) is 24.7 Å². The summed E-state index contributed by atoms with van der Waals surface area (Å²) in [7, 11) is 0.116. The number of nitrogens with one attached hydrogen (secondary N) is 1. The van der Waals surface area contributed by atoms with Crippen LogP contribution in [0.15, 0.2) is 59.8 Å². The Balaban J connectivity index is 1.28. The van der Waals surface area contributed by atoms with Gasteiger partial charge in [-0.2, -0.15) is 4.31 Å². The zero-order chi connectivity index (χ0) is 27.4. The molecule has 1 aromatic heterocycles. The first kappa shape index (κ1) is 27.4. The molecule has 0 aliphatic carbocycles. The van der Waals surface area contributed by atoms with Crippen molar-refractivity contribution in [3.05, 3.63) is 60.4 Å². The van der Waals surface area contributed by atoms with E-state index in [0.29, 0.717) is 32.2 Å². The molecular weight excluding hydrogens is 520 g/mol. The van der Waals surface area contributed by atoms with E-state index in [9.17, 15) is 13.2 Å². The van der Waals surface area contributed by atoms with Gasteiger partial charge in [0.05, 0.1) is 16.5 Å². The fourth-order valence-corrected chi connectivity index (χ4v) is 6.59. The third-order valence-corrected chi connectivity index (χ3v) is 8.88. The van der Waals surface area contributed by atoms with Crippen LogP contribution in [-0.4, -0.2) is 92.7 Å². The Morgan fingerprint density at radius 3 is 2.59 bits per heavy atom. The van der Waals surface area contributed by atoms with Gasteiger partial charge in [0.15, 0.2) is 6.29 Å². The van der Waals surface area contributed by atoms with Crippen molar-refractivity contribution in [2.45, 2.75) is 36.5 Å². The molecule has 1 N–H and O–H groups in total. The molecule has 0 spiro atoms. The number of rotatable bonds is 8. The molecule has 2 saturated heterocycles. The summed E-state index contributed by atoms with van der Waals surface area (Å²) in [5, 5.41) is 1.88. The zero-order valence-electron chi connectivity index (χ0n) is 22.2. The largest absolute Gasteiger partial charge is 0.350 e. The molecule has 2 aliphatic heterocycles. The second-order valence-corrected chi connectivity index (χ2v) is 12.0. The summed E-state index contributed by atoms with van der Waals surface area (Å²) in [4.78, 5) is 30.8. The Kier molecular flexibility index (Phi) is 8.38. The molecule has 3 heterocycles. The van der Waals surface area contributed by atoms with E-state index in [-0.39, 0.29) is 23.0 Å². The van der Waals surface area contributed by atoms with E-state index in [1.165, 1.54) is 12.4 Å². The van der Waals surface area contributed by atoms with Crippen molar-refractivity contribution in [1.29, 1.82) is 0 Å². The first-order chi connectivity index (χ1) is 18.8. The van der Waals surface area contributed by atoms with Gasteiger partial charge in [0.2, 0.25) is 16.0 Å². The van der Waals surface area contributed by atoms with Crippen molar-refractivity contribution in [3.63, 3.8) is 0 Å². The van der Waals surface area contributed by atoms with Crippen molar-refractivity contribution in [2.24, 2.45) is 0 Å². The van der Waals surface area contributed by atoms with Gasteiger partial charge in [0.1, 0.15) is 0 Å². The lowest BCUT2D eigenvalue weighted by atomic mass is 10.1. The minimum Gasteiger partial charge on any atom is -0.350 e. The summed E-state index contributed by atoms with van der Waals surface area (Å²) in [6.45, 7) is 2.27. The van der Waals surface area contributed by atoms with Gasteiger partial charge in [-0.1, -0.05) is 30.3 Å². The minimum absolute atomic E-state index is 0.261. The van der Waals surface area contributed by atoms with Crippen LogP contribution in [0.5, 0.6) is 0 Å². The minimum atomic E-state index is -3.73. The molecular formula is C27H34N6O5S. The molecule has 3 aromatic rings. The average molecular weight is 555 g/mol. The fraction of sp³-hybridized carbons (Fsp3) is 0.444. The molecule has 1 amide bonds. The lowest BCUT2D eigenvalue weighted by molar-refractivity contribution is -0.186. The molecule has 0 bridgehead atoms. The van der Waals surface area contributed by atoms with E-state index in [2.05, 4.69) is 15.4 Å². The van der Waals surface area contributed by atoms with Crippen LogP contribution in [0.1, 0.15) is 29.6 Å². The summed E-state index contributed by atoms with van der Waals surface area (Å²) in [6, 6.07) is 12.7. The number of anilines is 1. The number of amides is 1. The third kappa shape index (κ3) is 6.36. The molecule has 12 heteroatoms. The van der Waals surface area contributed by atoms with E-state index >= 15 is 0 Å². The second kappa shape index (κ2) is 11.9. The molecule has 208 valence electrons. The van der Waals surface area contributed by atoms with Crippen LogP contribution in [0.2, 0.25) is 0 Å². The molecule has 2 atom stereocenters. The Hall–Kier alpha value is -3.16. The monoisotopic (exact) mass is 554 g/mol. The van der Waals surface area contributed by atoms with Crippen LogP contribution >= 0.6 is 0 Å². The number of carbonyl (C=O) groups is 1. The number of nitrogens with zero attached hydrogens (tertiary/aromatic N) is 5. The van der Waals surface area contributed by atoms with E-state index in [1.807, 2.05) is 54.2 Å². The van der Waals surface area contributed by atoms with E-state index in [1.54, 1.807) is 16.4 Å². The molecule has 2 aliphatic rings. The third-order valence-electron chi connectivity index (χ3n) is 6.94. The number of fused-ring (bicyclic) bond motifs is 1. The normalized spacial score (nSPS) is 20.8. The maximum atomic E-state index is 13.8. The summed E-state index contributed by atoms with van der Waals surface area (Å²) in [5.41, 5.74) is 2.67. The number of piperazine rings is 1. The molecule has 0 saturated carbocycles. The van der Waals surface area contributed by atoms with E-state index < -0.39 is 22.2 Å². The van der Waals surface area contributed by atoms with Crippen molar-refractivity contribution < 1.29 is 22.8 Å². The lowest BCUT2D eigenvalue weighted by Gasteiger charge is -2.41. The number of hydrogen-bond acceptors (Lipinski definition) is 9. The van der Waals surface area contributed by atoms with Gasteiger partial charge in [-0.15, -0.1) is 0 Å². The van der Waals surface area contributed by atoms with Crippen LogP contribution in [0.3, 0.4) is 0 Å². The molecule has 5 rings (SSSR count). The number of ether oxygens (including phenoxy) is 1. The molecule has 39 heavy (non-hydrogen) atoms. The molecule has 0 radical (unpaired) electrons. The average Bonchev–Trinajstić information content (AvgIpc) is 2.96. The number of carbonyl (C=O) groups excluding carboxylic acids is 1. The maximum absolute atomic E-state index is 13.8. The Bertz CT molecular complexity index is 1400. The van der Waals surface area contributed by atoms with Gasteiger partial charge < -0.3 is 14.5 Å². The Morgan fingerprint density at radius 1 is 1.10 bits per heavy atom. The van der Waals surface area contributed by atoms with Crippen LogP contribution in [0.4, 0.5) is 5.95 Å². The Morgan fingerprint density at radius 2 is 1.87 bits per heavy atom. The molecule has 11 nitrogen and oxygen atoms in total. The number of aromatic nitrogens is 2. The summed E-state index contributed by atoms with van der Waals surface area (Å²) >= 11 is 0. The highest BCUT2D eigenvalue weighted by Gasteiger charge is 2.37. The predicted molar refractivity (Wildman–Crippen MR) is 147 cm³/mol. The van der Waals surface area contributed by atoms with Gasteiger partial charge in [-0.05, 0) is 49.8 Å². The summed E-state index contributed by atoms with van der Waals surface area (Å²) < 4.78 is 34.5. The first-order valence-corrected chi connectivity index (χ1v) is 14.6. The topological polar surface area (TPSA) is 117 Å². The molecule has 2 unspecified atom stereocenters. The van der Waals surface area contributed by atoms with E-state index in [4.69, 9.17) is 9.57 Å². The van der Waals surface area contributed by atoms with Crippen LogP contribution < -0.4 is 10.4 Å². The Labute approximate surface area is 228 Å². The smallest absolute Gasteiger partial charge is 0.278 e. The van der Waals surface area contributed by atoms with Crippen LogP contribution in [0, 0.1) is 0 Å². The standard InChI is InChI=1S/C27H34N6O5S/c1-31(2)18-23-19-32(27-28-16-22(17-29-27)26(34)30-38-25-9-5-6-14-37-25)12-13-33(23)39(35,36)24-11-10-20-7-3-4-8-21(20)15-24/h3-4,7-8,10-11,15-17,23,25H,5-6,9,12-14,18-19H2,1-2H3,(H,30,34). The van der Waals surface area contributed by atoms with Gasteiger partial charge in [0, 0.05) is 51.6 Å². The van der Waals surface area contributed by atoms with Gasteiger partial charge in [0.25, 0.3) is 5.91 Å². The molecule has 2 aromatic carbocycles. The van der Waals surface area contributed by atoms with E-state index in [0.717, 1.165) is 30.0 Å². The predicted octanol–water partition coefficient (Wildman–Crippen LogP) is 2.26. The number of hydrogen-bond donors (Lipinski definition) is 1. The van der Waals surface area contributed by atoms with Crippen LogP contribution in [-0.2, 0) is 19.6 Å². The SMILES string of the molecule is CN(C)CC1CN(c2ncc(C(=O)NOC3CCCCO3)cn2)CCN1S(=O)(=O)c1ccc2ccccc2c1. The van der Waals surface area contributed by atoms with Crippen LogP contribution in [0.25, 0.3) is 10.8 Å². The number of sulfonamides is 1. The van der Waals surface area contributed by atoms with Gasteiger partial charge in [-0.3, -0.25) is 4.79 Å². The number of likely N-dealkylation sites (N-methyl/N-ethyl adjacent to an activating group) is 1. The van der Waals surface area contributed by atoms with Gasteiger partial charge >= 0.3 is 0 Å². The zero-order valence-corrected chi connectivity index (χ0v) is 23.0. The van der Waals surface area contributed by atoms with Crippen molar-refractivity contribution >= 4 is 32.7 Å². The maximum Gasteiger partial charge on any atom is 0.278 e. The summed E-state index contributed by atoms with van der Waals surface area (Å²) in [5.74, 6) is -0.0119. The van der Waals surface area contributed by atoms with Gasteiger partial charge in [-0.25, -0.2) is 28.7 Å². The quantitative estimate of drug-likeness (QED) is 0.419. The highest BCUT2D eigenvalue weighted by molar-refractivity contribution is 7.89. The number of benzene rings is 2.